The van der Waals surface area contributed by atoms with E-state index < -0.39 is 10.0 Å². The Bertz CT molecular complexity index is 666. The maximum absolute atomic E-state index is 12.1. The van der Waals surface area contributed by atoms with Crippen molar-refractivity contribution in [2.24, 2.45) is 0 Å². The minimum atomic E-state index is -3.48. The van der Waals surface area contributed by atoms with Gasteiger partial charge < -0.3 is 5.73 Å². The molecular weight excluding hydrogens is 276 g/mol. The van der Waals surface area contributed by atoms with Crippen LogP contribution in [-0.2, 0) is 16.6 Å². The molecule has 2 aromatic rings. The number of hydrogen-bond acceptors (Lipinski definition) is 4. The number of aryl methyl sites for hydroxylation is 2. The molecule has 3 N–H and O–H groups in total. The van der Waals surface area contributed by atoms with Crippen molar-refractivity contribution in [3.63, 3.8) is 0 Å². The maximum Gasteiger partial charge on any atom is 0.240 e. The smallest absolute Gasteiger partial charge is 0.240 e. The lowest BCUT2D eigenvalue weighted by molar-refractivity contribution is 0.553. The predicted molar refractivity (Wildman–Crippen MR) is 77.6 cm³/mol. The van der Waals surface area contributed by atoms with Gasteiger partial charge in [0.1, 0.15) is 0 Å². The first-order chi connectivity index (χ1) is 9.49. The van der Waals surface area contributed by atoms with E-state index >= 15 is 0 Å². The van der Waals surface area contributed by atoms with Crippen LogP contribution < -0.4 is 10.5 Å². The second-order valence-corrected chi connectivity index (χ2v) is 6.31. The lowest BCUT2D eigenvalue weighted by atomic mass is 10.2. The average molecular weight is 294 g/mol. The molecule has 0 fully saturated rings. The number of sulfonamides is 1. The van der Waals surface area contributed by atoms with Crippen molar-refractivity contribution in [2.75, 3.05) is 12.3 Å². The number of anilines is 1. The quantitative estimate of drug-likeness (QED) is 0.617. The van der Waals surface area contributed by atoms with Gasteiger partial charge in [-0.25, -0.2) is 13.1 Å². The van der Waals surface area contributed by atoms with Crippen molar-refractivity contribution in [1.29, 1.82) is 0 Å². The van der Waals surface area contributed by atoms with Gasteiger partial charge in [-0.1, -0.05) is 0 Å². The largest absolute Gasteiger partial charge is 0.399 e. The topological polar surface area (TPSA) is 90.0 Å². The number of aromatic nitrogens is 2. The zero-order chi connectivity index (χ0) is 14.6. The lowest BCUT2D eigenvalue weighted by Gasteiger charge is -2.08. The lowest BCUT2D eigenvalue weighted by Crippen LogP contribution is -2.25. The minimum absolute atomic E-state index is 0.239. The highest BCUT2D eigenvalue weighted by atomic mass is 32.2. The number of hydrogen-bond donors (Lipinski definition) is 2. The fraction of sp³-hybridized carbons (Fsp3) is 0.308. The Morgan fingerprint density at radius 2 is 2.20 bits per heavy atom. The van der Waals surface area contributed by atoms with Gasteiger partial charge in [-0.2, -0.15) is 5.10 Å². The van der Waals surface area contributed by atoms with Gasteiger partial charge in [0, 0.05) is 31.2 Å². The van der Waals surface area contributed by atoms with E-state index in [4.69, 9.17) is 5.73 Å². The molecule has 0 saturated heterocycles. The Morgan fingerprint density at radius 3 is 2.85 bits per heavy atom. The summed E-state index contributed by atoms with van der Waals surface area (Å²) >= 11 is 0. The monoisotopic (exact) mass is 294 g/mol. The van der Waals surface area contributed by atoms with Gasteiger partial charge in [0.05, 0.1) is 4.90 Å². The van der Waals surface area contributed by atoms with Gasteiger partial charge in [-0.05, 0) is 43.2 Å². The van der Waals surface area contributed by atoms with Crippen molar-refractivity contribution in [3.8, 4) is 0 Å². The van der Waals surface area contributed by atoms with Gasteiger partial charge in [0.15, 0.2) is 0 Å². The summed E-state index contributed by atoms with van der Waals surface area (Å²) in [6, 6.07) is 6.53. The van der Waals surface area contributed by atoms with Crippen LogP contribution in [0.1, 0.15) is 12.0 Å². The van der Waals surface area contributed by atoms with E-state index in [1.54, 1.807) is 29.9 Å². The van der Waals surface area contributed by atoms with Crippen LogP contribution in [0.15, 0.2) is 41.6 Å². The highest BCUT2D eigenvalue weighted by Crippen LogP contribution is 2.16. The molecule has 1 aromatic carbocycles. The molecule has 0 radical (unpaired) electrons. The molecule has 0 aliphatic carbocycles. The molecule has 1 aromatic heterocycles. The van der Waals surface area contributed by atoms with Crippen LogP contribution in [0.4, 0.5) is 5.69 Å². The summed E-state index contributed by atoms with van der Waals surface area (Å²) in [4.78, 5) is 0.239. The van der Waals surface area contributed by atoms with Crippen LogP contribution in [0.2, 0.25) is 0 Å². The van der Waals surface area contributed by atoms with Gasteiger partial charge in [0.25, 0.3) is 0 Å². The number of nitrogens with one attached hydrogen (secondary N) is 1. The SMILES string of the molecule is Cc1cc(S(=O)(=O)NCCCn2cccn2)ccc1N. The second kappa shape index (κ2) is 6.06. The van der Waals surface area contributed by atoms with Crippen LogP contribution in [-0.4, -0.2) is 24.7 Å². The van der Waals surface area contributed by atoms with Crippen LogP contribution in [0.25, 0.3) is 0 Å². The van der Waals surface area contributed by atoms with E-state index in [0.717, 1.165) is 5.56 Å². The predicted octanol–water partition coefficient (Wildman–Crippen LogP) is 1.14. The van der Waals surface area contributed by atoms with E-state index in [0.29, 0.717) is 25.2 Å². The first-order valence-corrected chi connectivity index (χ1v) is 7.80. The van der Waals surface area contributed by atoms with Crippen molar-refractivity contribution in [2.45, 2.75) is 24.8 Å². The summed E-state index contributed by atoms with van der Waals surface area (Å²) in [6.45, 7) is 2.83. The van der Waals surface area contributed by atoms with Gasteiger partial charge >= 0.3 is 0 Å². The summed E-state index contributed by atoms with van der Waals surface area (Å²) in [6.07, 6.45) is 4.22. The first kappa shape index (κ1) is 14.5. The molecular formula is C13H18N4O2S. The molecule has 0 spiro atoms. The van der Waals surface area contributed by atoms with Crippen molar-refractivity contribution >= 4 is 15.7 Å². The van der Waals surface area contributed by atoms with E-state index in [1.165, 1.54) is 6.07 Å². The second-order valence-electron chi connectivity index (χ2n) is 4.54. The van der Waals surface area contributed by atoms with Crippen LogP contribution in [0.5, 0.6) is 0 Å². The molecule has 20 heavy (non-hydrogen) atoms. The van der Waals surface area contributed by atoms with Crippen molar-refractivity contribution in [3.05, 3.63) is 42.2 Å². The van der Waals surface area contributed by atoms with Crippen LogP contribution in [0, 0.1) is 6.92 Å². The Hall–Kier alpha value is -1.86. The fourth-order valence-electron chi connectivity index (χ4n) is 1.78. The Morgan fingerprint density at radius 1 is 1.40 bits per heavy atom. The van der Waals surface area contributed by atoms with Crippen LogP contribution in [0.3, 0.4) is 0 Å². The standard InChI is InChI=1S/C13H18N4O2S/c1-11-10-12(4-5-13(11)14)20(18,19)16-7-3-9-17-8-2-6-15-17/h2,4-6,8,10,16H,3,7,9,14H2,1H3. The van der Waals surface area contributed by atoms with Crippen LogP contribution >= 0.6 is 0 Å². The third-order valence-electron chi connectivity index (χ3n) is 2.97. The summed E-state index contributed by atoms with van der Waals surface area (Å²) in [5.74, 6) is 0. The van der Waals surface area contributed by atoms with Gasteiger partial charge in [0.2, 0.25) is 10.0 Å². The summed E-state index contributed by atoms with van der Waals surface area (Å²) in [5, 5.41) is 4.06. The molecule has 0 amide bonds. The number of benzene rings is 1. The number of nitrogens with zero attached hydrogens (tertiary/aromatic N) is 2. The number of nitrogens with two attached hydrogens (primary N) is 1. The van der Waals surface area contributed by atoms with E-state index in [1.807, 2.05) is 12.3 Å². The average Bonchev–Trinajstić information content (AvgIpc) is 2.91. The molecule has 2 rings (SSSR count). The molecule has 7 heteroatoms. The minimum Gasteiger partial charge on any atom is -0.399 e. The highest BCUT2D eigenvalue weighted by Gasteiger charge is 2.13. The molecule has 108 valence electrons. The fourth-order valence-corrected chi connectivity index (χ4v) is 2.94. The van der Waals surface area contributed by atoms with E-state index in [-0.39, 0.29) is 4.90 Å². The Balaban J connectivity index is 1.92. The first-order valence-electron chi connectivity index (χ1n) is 6.32. The molecule has 0 bridgehead atoms. The van der Waals surface area contributed by atoms with Gasteiger partial charge in [-0.15, -0.1) is 0 Å². The summed E-state index contributed by atoms with van der Waals surface area (Å²) < 4.78 is 28.5. The molecule has 0 aliphatic rings. The maximum atomic E-state index is 12.1. The van der Waals surface area contributed by atoms with E-state index in [9.17, 15) is 8.42 Å². The molecule has 6 nitrogen and oxygen atoms in total. The number of nitrogen functional groups attached to an aromatic ring is 1. The number of rotatable bonds is 6. The normalized spacial score (nSPS) is 11.7. The third kappa shape index (κ3) is 3.58. The molecule has 0 saturated carbocycles. The zero-order valence-corrected chi connectivity index (χ0v) is 12.1. The van der Waals surface area contributed by atoms with Crippen molar-refractivity contribution in [1.82, 2.24) is 14.5 Å². The summed E-state index contributed by atoms with van der Waals surface area (Å²) in [5.41, 5.74) is 7.02. The molecule has 0 aliphatic heterocycles. The highest BCUT2D eigenvalue weighted by molar-refractivity contribution is 7.89. The Labute approximate surface area is 118 Å². The summed E-state index contributed by atoms with van der Waals surface area (Å²) in [7, 11) is -3.48. The molecule has 0 atom stereocenters. The van der Waals surface area contributed by atoms with Crippen molar-refractivity contribution < 1.29 is 8.42 Å². The van der Waals surface area contributed by atoms with Gasteiger partial charge in [-0.3, -0.25) is 4.68 Å². The Kier molecular flexibility index (Phi) is 4.41. The zero-order valence-electron chi connectivity index (χ0n) is 11.3. The van der Waals surface area contributed by atoms with E-state index in [2.05, 4.69) is 9.82 Å². The third-order valence-corrected chi connectivity index (χ3v) is 4.43. The molecule has 0 unspecified atom stereocenters. The molecule has 1 heterocycles.